The third-order valence-corrected chi connectivity index (χ3v) is 6.73. The van der Waals surface area contributed by atoms with E-state index in [1.54, 1.807) is 11.3 Å². The van der Waals surface area contributed by atoms with Crippen molar-refractivity contribution in [3.8, 4) is 32.8 Å². The maximum absolute atomic E-state index is 8.63. The van der Waals surface area contributed by atoms with E-state index in [2.05, 4.69) is 48.3 Å². The van der Waals surface area contributed by atoms with Gasteiger partial charge < -0.3 is 0 Å². The molecule has 0 atom stereocenters. The van der Waals surface area contributed by atoms with Gasteiger partial charge in [-0.1, -0.05) is 71.8 Å². The minimum atomic E-state index is 0.189. The minimum Gasteiger partial charge on any atom is -0.255 e. The Hall–Kier alpha value is -3.23. The van der Waals surface area contributed by atoms with Crippen molar-refractivity contribution >= 4 is 21.4 Å². The molecule has 0 radical (unpaired) electrons. The fourth-order valence-corrected chi connectivity index (χ4v) is 5.23. The lowest BCUT2D eigenvalue weighted by atomic mass is 10.0. The monoisotopic (exact) mass is 408 g/mol. The highest BCUT2D eigenvalue weighted by molar-refractivity contribution is 7.23. The van der Waals surface area contributed by atoms with E-state index in [9.17, 15) is 0 Å². The average molecular weight is 409 g/mol. The Labute approximate surface area is 185 Å². The molecular weight excluding hydrogens is 382 g/mol. The number of aryl methyl sites for hydroxylation is 2. The standard InChI is InChI=1S/C28H23NS/c1-18-15-19(2)17-24(16-18)26-28-25(13-14-29-26)20(3)27(30-28)23-11-9-22(10-12-23)21-7-5-4-6-8-21/h4-17H,1-3H3/i14D,15D,16D. The molecule has 0 N–H and O–H groups in total. The third-order valence-electron chi connectivity index (χ3n) is 5.37. The smallest absolute Gasteiger partial charge is 0.0880 e. The molecule has 0 aliphatic heterocycles. The van der Waals surface area contributed by atoms with E-state index >= 15 is 0 Å². The van der Waals surface area contributed by atoms with Crippen LogP contribution < -0.4 is 0 Å². The summed E-state index contributed by atoms with van der Waals surface area (Å²) in [5, 5.41) is 1.00. The first-order chi connectivity index (χ1) is 15.8. The van der Waals surface area contributed by atoms with Gasteiger partial charge in [-0.05, 0) is 66.6 Å². The van der Waals surface area contributed by atoms with Gasteiger partial charge in [0, 0.05) is 16.6 Å². The number of aromatic nitrogens is 1. The van der Waals surface area contributed by atoms with Crippen LogP contribution in [-0.2, 0) is 0 Å². The topological polar surface area (TPSA) is 12.9 Å². The van der Waals surface area contributed by atoms with Gasteiger partial charge in [-0.2, -0.15) is 0 Å². The van der Waals surface area contributed by atoms with Gasteiger partial charge in [0.25, 0.3) is 0 Å². The number of thiophene rings is 1. The van der Waals surface area contributed by atoms with E-state index in [-0.39, 0.29) is 6.17 Å². The first kappa shape index (κ1) is 15.6. The molecule has 0 bridgehead atoms. The molecule has 0 aliphatic rings. The van der Waals surface area contributed by atoms with Gasteiger partial charge >= 0.3 is 0 Å². The van der Waals surface area contributed by atoms with Crippen molar-refractivity contribution in [2.24, 2.45) is 0 Å². The van der Waals surface area contributed by atoms with Gasteiger partial charge in [0.2, 0.25) is 0 Å². The van der Waals surface area contributed by atoms with E-state index in [1.165, 1.54) is 11.1 Å². The SMILES string of the molecule is [2H]c1cc2c(C)c(-c3ccc(-c4ccccc4)cc3)sc2c(-c2cc(C)c([2H])c(C)c2[2H])n1. The maximum atomic E-state index is 8.63. The Morgan fingerprint density at radius 2 is 1.43 bits per heavy atom. The summed E-state index contributed by atoms with van der Waals surface area (Å²) in [5.74, 6) is 0. The van der Waals surface area contributed by atoms with Crippen LogP contribution in [-0.4, -0.2) is 4.98 Å². The number of nitrogens with zero attached hydrogens (tertiary/aromatic N) is 1. The lowest BCUT2D eigenvalue weighted by molar-refractivity contribution is 1.33. The molecular formula is C28H23NS. The van der Waals surface area contributed by atoms with E-state index < -0.39 is 0 Å². The Bertz CT molecular complexity index is 1500. The van der Waals surface area contributed by atoms with Crippen LogP contribution >= 0.6 is 11.3 Å². The van der Waals surface area contributed by atoms with Crippen LogP contribution in [0.15, 0.2) is 85.0 Å². The quantitative estimate of drug-likeness (QED) is 0.293. The van der Waals surface area contributed by atoms with Crippen molar-refractivity contribution in [2.45, 2.75) is 20.8 Å². The highest BCUT2D eigenvalue weighted by Crippen LogP contribution is 2.42. The Balaban J connectivity index is 1.68. The fourth-order valence-electron chi connectivity index (χ4n) is 3.94. The van der Waals surface area contributed by atoms with Crippen molar-refractivity contribution in [1.82, 2.24) is 4.98 Å². The second kappa shape index (κ2) is 7.55. The molecule has 0 aliphatic carbocycles. The molecule has 0 saturated heterocycles. The third kappa shape index (κ3) is 3.34. The molecule has 0 unspecified atom stereocenters. The second-order valence-corrected chi connectivity index (χ2v) is 8.61. The zero-order chi connectivity index (χ0) is 23.3. The molecule has 30 heavy (non-hydrogen) atoms. The number of fused-ring (bicyclic) bond motifs is 1. The van der Waals surface area contributed by atoms with E-state index in [0.29, 0.717) is 28.9 Å². The zero-order valence-corrected chi connectivity index (χ0v) is 18.0. The second-order valence-electron chi connectivity index (χ2n) is 7.59. The van der Waals surface area contributed by atoms with E-state index in [4.69, 9.17) is 4.11 Å². The highest BCUT2D eigenvalue weighted by Gasteiger charge is 2.15. The molecule has 5 aromatic rings. The predicted octanol–water partition coefficient (Wildman–Crippen LogP) is 8.22. The Kier molecular flexibility index (Phi) is 3.92. The molecule has 2 heterocycles. The van der Waals surface area contributed by atoms with Crippen molar-refractivity contribution in [3.05, 3.63) is 102 Å². The van der Waals surface area contributed by atoms with Crippen LogP contribution in [0.25, 0.3) is 42.9 Å². The van der Waals surface area contributed by atoms with Crippen LogP contribution in [0, 0.1) is 20.8 Å². The van der Waals surface area contributed by atoms with Crippen molar-refractivity contribution in [1.29, 1.82) is 0 Å². The summed E-state index contributed by atoms with van der Waals surface area (Å²) in [5.41, 5.74) is 7.42. The summed E-state index contributed by atoms with van der Waals surface area (Å²) in [7, 11) is 0. The van der Waals surface area contributed by atoms with Crippen LogP contribution in [0.1, 0.15) is 20.8 Å². The number of hydrogen-bond acceptors (Lipinski definition) is 2. The lowest BCUT2D eigenvalue weighted by Crippen LogP contribution is -1.86. The normalized spacial score (nSPS) is 12.6. The van der Waals surface area contributed by atoms with Gasteiger partial charge in [-0.15, -0.1) is 11.3 Å². The van der Waals surface area contributed by atoms with Gasteiger partial charge in [0.15, 0.2) is 0 Å². The summed E-state index contributed by atoms with van der Waals surface area (Å²) in [6.45, 7) is 5.79. The first-order valence-corrected chi connectivity index (χ1v) is 10.8. The molecule has 2 aromatic heterocycles. The molecule has 3 aromatic carbocycles. The number of benzene rings is 3. The van der Waals surface area contributed by atoms with Crippen LogP contribution in [0.5, 0.6) is 0 Å². The number of rotatable bonds is 3. The molecule has 0 saturated carbocycles. The maximum Gasteiger partial charge on any atom is 0.0880 e. The summed E-state index contributed by atoms with van der Waals surface area (Å²) in [4.78, 5) is 5.69. The molecule has 0 spiro atoms. The van der Waals surface area contributed by atoms with Gasteiger partial charge in [-0.3, -0.25) is 4.98 Å². The van der Waals surface area contributed by atoms with Crippen molar-refractivity contribution < 1.29 is 4.11 Å². The molecule has 146 valence electrons. The molecule has 2 heteroatoms. The fraction of sp³-hybridized carbons (Fsp3) is 0.107. The van der Waals surface area contributed by atoms with Gasteiger partial charge in [-0.25, -0.2) is 0 Å². The molecule has 0 fully saturated rings. The number of hydrogen-bond donors (Lipinski definition) is 0. The van der Waals surface area contributed by atoms with Crippen LogP contribution in [0.3, 0.4) is 0 Å². The largest absolute Gasteiger partial charge is 0.255 e. The van der Waals surface area contributed by atoms with Gasteiger partial charge in [0.05, 0.1) is 14.5 Å². The number of pyridine rings is 1. The Morgan fingerprint density at radius 1 is 0.733 bits per heavy atom. The van der Waals surface area contributed by atoms with Crippen LogP contribution in [0.4, 0.5) is 0 Å². The minimum absolute atomic E-state index is 0.189. The molecule has 1 nitrogen and oxygen atoms in total. The summed E-state index contributed by atoms with van der Waals surface area (Å²) < 4.78 is 26.1. The van der Waals surface area contributed by atoms with E-state index in [1.807, 2.05) is 44.2 Å². The molecule has 0 amide bonds. The summed E-state index contributed by atoms with van der Waals surface area (Å²) in [6, 6.07) is 23.3. The lowest BCUT2D eigenvalue weighted by Gasteiger charge is -2.05. The van der Waals surface area contributed by atoms with E-state index in [0.717, 1.165) is 31.7 Å². The Morgan fingerprint density at radius 3 is 2.20 bits per heavy atom. The van der Waals surface area contributed by atoms with Crippen molar-refractivity contribution in [2.75, 3.05) is 0 Å². The summed E-state index contributed by atoms with van der Waals surface area (Å²) >= 11 is 1.66. The van der Waals surface area contributed by atoms with Gasteiger partial charge in [0.1, 0.15) is 0 Å². The summed E-state index contributed by atoms with van der Waals surface area (Å²) in [6.07, 6.45) is 0.189. The first-order valence-electron chi connectivity index (χ1n) is 11.5. The predicted molar refractivity (Wildman–Crippen MR) is 130 cm³/mol. The van der Waals surface area contributed by atoms with Crippen molar-refractivity contribution in [3.63, 3.8) is 0 Å². The average Bonchev–Trinajstić information content (AvgIpc) is 3.16. The highest BCUT2D eigenvalue weighted by atomic mass is 32.1. The zero-order valence-electron chi connectivity index (χ0n) is 20.2. The van der Waals surface area contributed by atoms with Crippen LogP contribution in [0.2, 0.25) is 0 Å². The molecule has 5 rings (SSSR count).